The van der Waals surface area contributed by atoms with E-state index in [2.05, 4.69) is 11.4 Å². The average molecular weight is 419 g/mol. The summed E-state index contributed by atoms with van der Waals surface area (Å²) in [6.07, 6.45) is 7.96. The maximum atomic E-state index is 13.4. The zero-order chi connectivity index (χ0) is 22.1. The number of nitrogens with zero attached hydrogens (tertiary/aromatic N) is 1. The van der Waals surface area contributed by atoms with Crippen LogP contribution in [0, 0.1) is 5.92 Å². The molecule has 0 heterocycles. The van der Waals surface area contributed by atoms with Crippen LogP contribution in [0.3, 0.4) is 0 Å². The Labute approximate surface area is 186 Å². The molecule has 2 aromatic rings. The van der Waals surface area contributed by atoms with Crippen LogP contribution in [0.5, 0.6) is 0 Å². The molecule has 0 bridgehead atoms. The van der Waals surface area contributed by atoms with Crippen LogP contribution in [0.1, 0.15) is 63.1 Å². The molecule has 0 saturated carbocycles. The van der Waals surface area contributed by atoms with Crippen LogP contribution >= 0.6 is 0 Å². The van der Waals surface area contributed by atoms with Crippen LogP contribution in [0.2, 0.25) is 0 Å². The fraction of sp³-hybridized carbons (Fsp3) is 0.407. The number of amides is 2. The number of hydrogen-bond acceptors (Lipinski definition) is 2. The van der Waals surface area contributed by atoms with E-state index in [0.717, 1.165) is 30.4 Å². The van der Waals surface area contributed by atoms with E-state index >= 15 is 0 Å². The summed E-state index contributed by atoms with van der Waals surface area (Å²) in [4.78, 5) is 28.4. The molecule has 1 atom stereocenters. The van der Waals surface area contributed by atoms with Gasteiger partial charge in [-0.25, -0.2) is 0 Å². The van der Waals surface area contributed by atoms with Crippen molar-refractivity contribution in [2.45, 2.75) is 58.5 Å². The molecule has 4 nitrogen and oxygen atoms in total. The number of carbonyl (C=O) groups is 2. The maximum absolute atomic E-state index is 13.4. The summed E-state index contributed by atoms with van der Waals surface area (Å²) in [6.45, 7) is 4.77. The highest BCUT2D eigenvalue weighted by molar-refractivity contribution is 5.89. The Hall–Kier alpha value is -2.88. The summed E-state index contributed by atoms with van der Waals surface area (Å²) in [6, 6.07) is 18.8. The predicted molar refractivity (Wildman–Crippen MR) is 125 cm³/mol. The molecule has 0 aromatic heterocycles. The number of benzene rings is 2. The standard InChI is InChI=1S/C27H34N2O2/c1-21(2)27(31)29(20-23-14-8-4-9-15-23)25(24-16-10-5-11-17-24)26(30)28-19-18-22-12-6-3-7-13-22/h4-5,8-12,14-17,21,25H,3,6-7,13,18-20H2,1-2H3,(H,28,30)/t25-/m1/s1. The van der Waals surface area contributed by atoms with Gasteiger partial charge in [-0.15, -0.1) is 0 Å². The molecule has 1 N–H and O–H groups in total. The van der Waals surface area contributed by atoms with Crippen molar-refractivity contribution in [3.05, 3.63) is 83.4 Å². The van der Waals surface area contributed by atoms with Gasteiger partial charge in [-0.3, -0.25) is 9.59 Å². The first kappa shape index (κ1) is 22.8. The summed E-state index contributed by atoms with van der Waals surface area (Å²) < 4.78 is 0. The van der Waals surface area contributed by atoms with E-state index < -0.39 is 6.04 Å². The Morgan fingerprint density at radius 2 is 1.65 bits per heavy atom. The minimum absolute atomic E-state index is 0.0251. The van der Waals surface area contributed by atoms with Crippen molar-refractivity contribution in [3.8, 4) is 0 Å². The molecule has 2 amide bonds. The van der Waals surface area contributed by atoms with E-state index in [4.69, 9.17) is 0 Å². The first-order valence-corrected chi connectivity index (χ1v) is 11.4. The van der Waals surface area contributed by atoms with Gasteiger partial charge >= 0.3 is 0 Å². The highest BCUT2D eigenvalue weighted by atomic mass is 16.2. The summed E-state index contributed by atoms with van der Waals surface area (Å²) in [5.74, 6) is -0.342. The van der Waals surface area contributed by atoms with Gasteiger partial charge < -0.3 is 10.2 Å². The Kier molecular flexibility index (Phi) is 8.45. The maximum Gasteiger partial charge on any atom is 0.247 e. The highest BCUT2D eigenvalue weighted by Gasteiger charge is 2.32. The topological polar surface area (TPSA) is 49.4 Å². The Bertz CT molecular complexity index is 875. The van der Waals surface area contributed by atoms with Gasteiger partial charge in [0.15, 0.2) is 0 Å². The van der Waals surface area contributed by atoms with E-state index in [-0.39, 0.29) is 17.7 Å². The molecular weight excluding hydrogens is 384 g/mol. The van der Waals surface area contributed by atoms with Gasteiger partial charge in [0.25, 0.3) is 0 Å². The van der Waals surface area contributed by atoms with Gasteiger partial charge in [0.1, 0.15) is 6.04 Å². The number of nitrogens with one attached hydrogen (secondary N) is 1. The lowest BCUT2D eigenvalue weighted by molar-refractivity contribution is -0.144. The van der Waals surface area contributed by atoms with Crippen LogP contribution in [-0.2, 0) is 16.1 Å². The van der Waals surface area contributed by atoms with E-state index in [0.29, 0.717) is 13.1 Å². The molecule has 31 heavy (non-hydrogen) atoms. The van der Waals surface area contributed by atoms with Crippen LogP contribution in [0.25, 0.3) is 0 Å². The Morgan fingerprint density at radius 1 is 0.968 bits per heavy atom. The molecule has 0 radical (unpaired) electrons. The smallest absolute Gasteiger partial charge is 0.247 e. The molecule has 0 unspecified atom stereocenters. The number of rotatable bonds is 9. The van der Waals surface area contributed by atoms with E-state index in [1.54, 1.807) is 4.90 Å². The van der Waals surface area contributed by atoms with Crippen molar-refractivity contribution in [1.82, 2.24) is 10.2 Å². The highest BCUT2D eigenvalue weighted by Crippen LogP contribution is 2.26. The average Bonchev–Trinajstić information content (AvgIpc) is 2.80. The molecule has 0 aliphatic heterocycles. The third kappa shape index (κ3) is 6.55. The van der Waals surface area contributed by atoms with Gasteiger partial charge in [0.2, 0.25) is 11.8 Å². The minimum Gasteiger partial charge on any atom is -0.354 e. The molecule has 164 valence electrons. The Morgan fingerprint density at radius 3 is 2.26 bits per heavy atom. The summed E-state index contributed by atoms with van der Waals surface area (Å²) in [7, 11) is 0. The van der Waals surface area contributed by atoms with Crippen molar-refractivity contribution < 1.29 is 9.59 Å². The lowest BCUT2D eigenvalue weighted by Gasteiger charge is -2.33. The third-order valence-electron chi connectivity index (χ3n) is 5.78. The van der Waals surface area contributed by atoms with Gasteiger partial charge in [-0.1, -0.05) is 86.2 Å². The van der Waals surface area contributed by atoms with Gasteiger partial charge in [-0.2, -0.15) is 0 Å². The lowest BCUT2D eigenvalue weighted by atomic mass is 9.97. The van der Waals surface area contributed by atoms with E-state index in [9.17, 15) is 9.59 Å². The molecule has 2 aromatic carbocycles. The first-order valence-electron chi connectivity index (χ1n) is 11.4. The van der Waals surface area contributed by atoms with E-state index in [1.165, 1.54) is 18.4 Å². The van der Waals surface area contributed by atoms with Crippen LogP contribution in [0.15, 0.2) is 72.3 Å². The lowest BCUT2D eigenvalue weighted by Crippen LogP contribution is -2.45. The minimum atomic E-state index is -0.656. The zero-order valence-corrected chi connectivity index (χ0v) is 18.7. The van der Waals surface area contributed by atoms with Crippen LogP contribution in [0.4, 0.5) is 0 Å². The molecule has 0 spiro atoms. The SMILES string of the molecule is CC(C)C(=O)N(Cc1ccccc1)[C@@H](C(=O)NCCC1=CCCCC1)c1ccccc1. The summed E-state index contributed by atoms with van der Waals surface area (Å²) in [5.41, 5.74) is 3.28. The normalized spacial score (nSPS) is 14.6. The van der Waals surface area contributed by atoms with Gasteiger partial charge in [0.05, 0.1) is 0 Å². The molecule has 1 aliphatic rings. The number of carbonyl (C=O) groups excluding carboxylic acids is 2. The number of hydrogen-bond donors (Lipinski definition) is 1. The molecule has 4 heteroatoms. The molecule has 1 aliphatic carbocycles. The Balaban J connectivity index is 1.82. The van der Waals surface area contributed by atoms with Crippen molar-refractivity contribution in [2.24, 2.45) is 5.92 Å². The third-order valence-corrected chi connectivity index (χ3v) is 5.78. The second-order valence-electron chi connectivity index (χ2n) is 8.57. The molecule has 0 saturated heterocycles. The van der Waals surface area contributed by atoms with Crippen molar-refractivity contribution in [1.29, 1.82) is 0 Å². The second kappa shape index (κ2) is 11.5. The van der Waals surface area contributed by atoms with Crippen molar-refractivity contribution >= 4 is 11.8 Å². The van der Waals surface area contributed by atoms with Crippen LogP contribution in [-0.4, -0.2) is 23.3 Å². The fourth-order valence-electron chi connectivity index (χ4n) is 4.09. The summed E-state index contributed by atoms with van der Waals surface area (Å²) >= 11 is 0. The fourth-order valence-corrected chi connectivity index (χ4v) is 4.09. The largest absolute Gasteiger partial charge is 0.354 e. The van der Waals surface area contributed by atoms with E-state index in [1.807, 2.05) is 74.5 Å². The van der Waals surface area contributed by atoms with Gasteiger partial charge in [-0.05, 0) is 43.2 Å². The predicted octanol–water partition coefficient (Wildman–Crippen LogP) is 5.42. The second-order valence-corrected chi connectivity index (χ2v) is 8.57. The van der Waals surface area contributed by atoms with Gasteiger partial charge in [0, 0.05) is 19.0 Å². The monoisotopic (exact) mass is 418 g/mol. The number of allylic oxidation sites excluding steroid dienone is 1. The first-order chi connectivity index (χ1) is 15.1. The quantitative estimate of drug-likeness (QED) is 0.553. The molecule has 3 rings (SSSR count). The van der Waals surface area contributed by atoms with Crippen molar-refractivity contribution in [3.63, 3.8) is 0 Å². The summed E-state index contributed by atoms with van der Waals surface area (Å²) in [5, 5.41) is 3.11. The van der Waals surface area contributed by atoms with Crippen molar-refractivity contribution in [2.75, 3.05) is 6.54 Å². The molecular formula is C27H34N2O2. The molecule has 0 fully saturated rings. The zero-order valence-electron chi connectivity index (χ0n) is 18.7. The van der Waals surface area contributed by atoms with Crippen LogP contribution < -0.4 is 5.32 Å².